The second-order valence-electron chi connectivity index (χ2n) is 8.07. The molecule has 2 fully saturated rings. The summed E-state index contributed by atoms with van der Waals surface area (Å²) in [6, 6.07) is 14.0. The smallest absolute Gasteiger partial charge is 0.236 e. The van der Waals surface area contributed by atoms with Gasteiger partial charge in [-0.1, -0.05) is 18.2 Å². The van der Waals surface area contributed by atoms with Crippen molar-refractivity contribution in [1.82, 2.24) is 20.1 Å². The quantitative estimate of drug-likeness (QED) is 0.704. The summed E-state index contributed by atoms with van der Waals surface area (Å²) < 4.78 is 11.5. The van der Waals surface area contributed by atoms with E-state index in [1.807, 2.05) is 47.1 Å². The minimum Gasteiger partial charge on any atom is -0.494 e. The Morgan fingerprint density at radius 1 is 1.22 bits per heavy atom. The molecule has 32 heavy (non-hydrogen) atoms. The fourth-order valence-corrected chi connectivity index (χ4v) is 4.03. The highest BCUT2D eigenvalue weighted by molar-refractivity contribution is 5.82. The van der Waals surface area contributed by atoms with Crippen LogP contribution in [0.15, 0.2) is 42.5 Å². The zero-order chi connectivity index (χ0) is 22.3. The Kier molecular flexibility index (Phi) is 7.34. The van der Waals surface area contributed by atoms with E-state index < -0.39 is 0 Å². The van der Waals surface area contributed by atoms with Crippen molar-refractivity contribution >= 4 is 11.8 Å². The van der Waals surface area contributed by atoms with E-state index in [1.54, 1.807) is 0 Å². The van der Waals surface area contributed by atoms with Crippen molar-refractivity contribution in [2.75, 3.05) is 52.5 Å². The molecule has 4 rings (SSSR count). The van der Waals surface area contributed by atoms with Crippen LogP contribution in [-0.4, -0.2) is 79.1 Å². The van der Waals surface area contributed by atoms with Gasteiger partial charge in [-0.3, -0.25) is 19.5 Å². The Labute approximate surface area is 188 Å². The second kappa shape index (κ2) is 10.6. The van der Waals surface area contributed by atoms with Crippen LogP contribution in [0.2, 0.25) is 0 Å². The largest absolute Gasteiger partial charge is 0.494 e. The number of morpholine rings is 1. The average Bonchev–Trinajstić information content (AvgIpc) is 2.81. The predicted molar refractivity (Wildman–Crippen MR) is 119 cm³/mol. The Morgan fingerprint density at radius 3 is 2.84 bits per heavy atom. The van der Waals surface area contributed by atoms with Crippen LogP contribution >= 0.6 is 0 Å². The van der Waals surface area contributed by atoms with Crippen LogP contribution in [0.3, 0.4) is 0 Å². The molecule has 1 N–H and O–H groups in total. The van der Waals surface area contributed by atoms with Gasteiger partial charge in [-0.25, -0.2) is 0 Å². The summed E-state index contributed by atoms with van der Waals surface area (Å²) in [7, 11) is 0. The number of hydrogen-bond donors (Lipinski definition) is 1. The fraction of sp³-hybridized carbons (Fsp3) is 0.458. The van der Waals surface area contributed by atoms with E-state index in [2.05, 4.69) is 17.4 Å². The molecule has 3 heterocycles. The molecule has 0 spiro atoms. The van der Waals surface area contributed by atoms with Crippen LogP contribution in [0.5, 0.6) is 5.75 Å². The number of aromatic nitrogens is 1. The molecule has 8 heteroatoms. The number of nitrogens with zero attached hydrogens (tertiary/aromatic N) is 3. The highest BCUT2D eigenvalue weighted by atomic mass is 16.5. The van der Waals surface area contributed by atoms with Gasteiger partial charge in [0.2, 0.25) is 11.8 Å². The van der Waals surface area contributed by atoms with Gasteiger partial charge < -0.3 is 19.7 Å². The number of benzene rings is 1. The van der Waals surface area contributed by atoms with Crippen molar-refractivity contribution in [1.29, 1.82) is 0 Å². The fourth-order valence-electron chi connectivity index (χ4n) is 4.03. The third kappa shape index (κ3) is 5.83. The van der Waals surface area contributed by atoms with E-state index in [1.165, 1.54) is 0 Å². The van der Waals surface area contributed by atoms with Crippen LogP contribution in [-0.2, 0) is 20.7 Å². The van der Waals surface area contributed by atoms with E-state index in [0.29, 0.717) is 45.8 Å². The van der Waals surface area contributed by atoms with Gasteiger partial charge in [0.1, 0.15) is 11.9 Å². The van der Waals surface area contributed by atoms with Crippen LogP contribution in [0.4, 0.5) is 0 Å². The van der Waals surface area contributed by atoms with Gasteiger partial charge in [0.05, 0.1) is 38.5 Å². The molecule has 0 aliphatic carbocycles. The lowest BCUT2D eigenvalue weighted by molar-refractivity contribution is -0.141. The lowest BCUT2D eigenvalue weighted by atomic mass is 10.1. The van der Waals surface area contributed by atoms with Crippen molar-refractivity contribution < 1.29 is 19.1 Å². The lowest BCUT2D eigenvalue weighted by Crippen LogP contribution is -2.52. The number of carbonyl (C=O) groups is 2. The Hall–Kier alpha value is -2.97. The summed E-state index contributed by atoms with van der Waals surface area (Å²) in [6.07, 6.45) is 0.463. The first kappa shape index (κ1) is 22.2. The van der Waals surface area contributed by atoms with Gasteiger partial charge in [-0.2, -0.15) is 0 Å². The molecular weight excluding hydrogens is 408 g/mol. The number of rotatable bonds is 7. The molecule has 8 nitrogen and oxygen atoms in total. The molecule has 2 aliphatic rings. The number of nitrogens with one attached hydrogen (secondary N) is 1. The van der Waals surface area contributed by atoms with E-state index in [9.17, 15) is 9.59 Å². The monoisotopic (exact) mass is 438 g/mol. The van der Waals surface area contributed by atoms with E-state index in [4.69, 9.17) is 14.5 Å². The number of ether oxygens (including phenoxy) is 2. The SMILES string of the molecule is CCOc1ccc(Cc2cccc([C@@H]3CN(C(=O)CN4CCNC(=O)C4)CCO3)n2)cc1. The molecule has 0 radical (unpaired) electrons. The standard InChI is InChI=1S/C24H30N4O4/c1-2-31-20-8-6-18(7-9-20)14-19-4-3-5-21(26-19)22-15-28(12-13-32-22)24(30)17-27-11-10-25-23(29)16-27/h3-9,22H,2,10-17H2,1H3,(H,25,29)/t22-/m0/s1. The Morgan fingerprint density at radius 2 is 2.06 bits per heavy atom. The van der Waals surface area contributed by atoms with Crippen molar-refractivity contribution in [2.24, 2.45) is 0 Å². The molecule has 1 atom stereocenters. The number of pyridine rings is 1. The predicted octanol–water partition coefficient (Wildman–Crippen LogP) is 1.40. The highest BCUT2D eigenvalue weighted by Gasteiger charge is 2.28. The van der Waals surface area contributed by atoms with Crippen molar-refractivity contribution in [3.05, 3.63) is 59.4 Å². The number of amides is 2. The summed E-state index contributed by atoms with van der Waals surface area (Å²) in [4.78, 5) is 32.9. The molecule has 0 bridgehead atoms. The first-order chi connectivity index (χ1) is 15.6. The van der Waals surface area contributed by atoms with E-state index in [-0.39, 0.29) is 31.0 Å². The molecule has 2 saturated heterocycles. The third-order valence-corrected chi connectivity index (χ3v) is 5.67. The first-order valence-corrected chi connectivity index (χ1v) is 11.2. The molecule has 1 aromatic carbocycles. The molecule has 1 aromatic heterocycles. The minimum atomic E-state index is -0.252. The maximum absolute atomic E-state index is 12.8. The maximum Gasteiger partial charge on any atom is 0.236 e. The molecule has 2 aromatic rings. The van der Waals surface area contributed by atoms with Gasteiger partial charge in [0.15, 0.2) is 0 Å². The molecule has 2 aliphatic heterocycles. The normalized spacial score (nSPS) is 19.5. The van der Waals surface area contributed by atoms with Crippen LogP contribution in [0, 0.1) is 0 Å². The van der Waals surface area contributed by atoms with Crippen molar-refractivity contribution in [3.8, 4) is 5.75 Å². The number of piperazine rings is 1. The van der Waals surface area contributed by atoms with E-state index in [0.717, 1.165) is 22.7 Å². The average molecular weight is 439 g/mol. The second-order valence-corrected chi connectivity index (χ2v) is 8.07. The zero-order valence-electron chi connectivity index (χ0n) is 18.5. The first-order valence-electron chi connectivity index (χ1n) is 11.2. The number of carbonyl (C=O) groups excluding carboxylic acids is 2. The highest BCUT2D eigenvalue weighted by Crippen LogP contribution is 2.22. The molecule has 0 saturated carbocycles. The Balaban J connectivity index is 1.36. The van der Waals surface area contributed by atoms with Crippen molar-refractivity contribution in [3.63, 3.8) is 0 Å². The van der Waals surface area contributed by atoms with Gasteiger partial charge in [-0.05, 0) is 36.8 Å². The van der Waals surface area contributed by atoms with Crippen LogP contribution in [0.1, 0.15) is 30.0 Å². The maximum atomic E-state index is 12.8. The van der Waals surface area contributed by atoms with E-state index >= 15 is 0 Å². The summed E-state index contributed by atoms with van der Waals surface area (Å²) in [6.45, 7) is 5.93. The Bertz CT molecular complexity index is 934. The van der Waals surface area contributed by atoms with Gasteiger partial charge >= 0.3 is 0 Å². The summed E-state index contributed by atoms with van der Waals surface area (Å²) in [5, 5.41) is 2.78. The lowest BCUT2D eigenvalue weighted by Gasteiger charge is -2.35. The van der Waals surface area contributed by atoms with Gasteiger partial charge in [-0.15, -0.1) is 0 Å². The zero-order valence-corrected chi connectivity index (χ0v) is 18.5. The van der Waals surface area contributed by atoms with Gasteiger partial charge in [0.25, 0.3) is 0 Å². The molecule has 170 valence electrons. The topological polar surface area (TPSA) is 84.0 Å². The third-order valence-electron chi connectivity index (χ3n) is 5.67. The molecule has 0 unspecified atom stereocenters. The number of hydrogen-bond acceptors (Lipinski definition) is 6. The summed E-state index contributed by atoms with van der Waals surface area (Å²) >= 11 is 0. The molecular formula is C24H30N4O4. The summed E-state index contributed by atoms with van der Waals surface area (Å²) in [5.74, 6) is 0.861. The van der Waals surface area contributed by atoms with Crippen LogP contribution in [0.25, 0.3) is 0 Å². The molecule has 2 amide bonds. The van der Waals surface area contributed by atoms with Crippen molar-refractivity contribution in [2.45, 2.75) is 19.4 Å². The van der Waals surface area contributed by atoms with Crippen LogP contribution < -0.4 is 10.1 Å². The minimum absolute atomic E-state index is 0.0264. The summed E-state index contributed by atoms with van der Waals surface area (Å²) in [5.41, 5.74) is 2.95. The van der Waals surface area contributed by atoms with Gasteiger partial charge in [0, 0.05) is 31.7 Å².